The third-order valence-corrected chi connectivity index (χ3v) is 14.4. The molecule has 18 heteroatoms. The van der Waals surface area contributed by atoms with Crippen molar-refractivity contribution in [3.63, 3.8) is 0 Å². The number of amides is 4. The molecule has 434 valence electrons. The molecule has 1 aromatic heterocycles. The fourth-order valence-corrected chi connectivity index (χ4v) is 9.89. The van der Waals surface area contributed by atoms with Crippen LogP contribution in [0.15, 0.2) is 95.8 Å². The second-order valence-electron chi connectivity index (χ2n) is 22.9. The maximum atomic E-state index is 15.1. The molecule has 0 saturated carbocycles. The van der Waals surface area contributed by atoms with E-state index in [9.17, 15) is 38.4 Å². The van der Waals surface area contributed by atoms with E-state index in [1.807, 2.05) is 79.7 Å². The van der Waals surface area contributed by atoms with Gasteiger partial charge < -0.3 is 43.1 Å². The van der Waals surface area contributed by atoms with Crippen LogP contribution in [-0.2, 0) is 76.7 Å². The number of ether oxygens (including phenoxy) is 4. The molecule has 1 aliphatic heterocycles. The average molecular weight is 1110 g/mol. The summed E-state index contributed by atoms with van der Waals surface area (Å²) in [5.74, 6) is -7.51. The van der Waals surface area contributed by atoms with Gasteiger partial charge in [0.15, 0.2) is 24.4 Å². The zero-order chi connectivity index (χ0) is 59.3. The minimum atomic E-state index is -1.58. The van der Waals surface area contributed by atoms with Crippen LogP contribution in [0.25, 0.3) is 10.9 Å². The Labute approximate surface area is 471 Å². The second-order valence-corrected chi connectivity index (χ2v) is 22.9. The molecule has 1 aliphatic rings. The Morgan fingerprint density at radius 2 is 0.725 bits per heavy atom. The topological polar surface area (TPSA) is 208 Å². The van der Waals surface area contributed by atoms with Crippen molar-refractivity contribution in [2.75, 3.05) is 28.2 Å². The maximum Gasteiger partial charge on any atom is 0.329 e. The van der Waals surface area contributed by atoms with E-state index in [-0.39, 0.29) is 74.3 Å². The lowest BCUT2D eigenvalue weighted by Gasteiger charge is -2.35. The fourth-order valence-electron chi connectivity index (χ4n) is 9.89. The van der Waals surface area contributed by atoms with Gasteiger partial charge in [0, 0.05) is 47.1 Å². The number of rotatable bonds is 14. The number of carbonyl (C=O) groups excluding carboxylic acids is 8. The molecule has 4 aromatic rings. The molecule has 0 N–H and O–H groups in total. The van der Waals surface area contributed by atoms with Crippen LogP contribution in [0.1, 0.15) is 112 Å². The largest absolute Gasteiger partial charge is 0.451 e. The van der Waals surface area contributed by atoms with Crippen molar-refractivity contribution in [3.05, 3.63) is 118 Å². The van der Waals surface area contributed by atoms with Crippen molar-refractivity contribution in [2.45, 2.75) is 163 Å². The van der Waals surface area contributed by atoms with Gasteiger partial charge in [-0.05, 0) is 97.4 Å². The number of aromatic nitrogens is 1. The van der Waals surface area contributed by atoms with Gasteiger partial charge in [0.1, 0.15) is 24.2 Å². The molecule has 1 saturated heterocycles. The molecular formula is C62H83N5O13. The van der Waals surface area contributed by atoms with Gasteiger partial charge in [-0.2, -0.15) is 0 Å². The number of hydrogen-bond donors (Lipinski definition) is 0. The number of fused-ring (bicyclic) bond motifs is 1. The molecule has 0 spiro atoms. The Morgan fingerprint density at radius 1 is 0.388 bits per heavy atom. The minimum absolute atomic E-state index is 0.0656. The fraction of sp³-hybridized carbons (Fsp3) is 0.532. The van der Waals surface area contributed by atoms with Crippen molar-refractivity contribution in [3.8, 4) is 0 Å². The summed E-state index contributed by atoms with van der Waals surface area (Å²) in [5, 5.41) is 0.893. The molecule has 0 bridgehead atoms. The van der Waals surface area contributed by atoms with Gasteiger partial charge in [-0.1, -0.05) is 128 Å². The SMILES string of the molecule is CC(C)C[C@H]1C(=O)O[C@H](Cc2ccc(Cn3c(=O)ccc4ccccc43)cc2)C(=O)N(C)[C@@H](CC(C)C)C(=O)O[C@H](C)C(=O)N(C)[C@@H](CC(C)C)C(=O)O[C@H](Cc2ccccc2)C(=O)N(C)[C@@H](CC(C)C)C(=O)O[C@H](C)C(=O)N1C. The third kappa shape index (κ3) is 16.8. The van der Waals surface area contributed by atoms with E-state index in [1.54, 1.807) is 65.2 Å². The second kappa shape index (κ2) is 28.7. The summed E-state index contributed by atoms with van der Waals surface area (Å²) in [6, 6.07) is 21.6. The van der Waals surface area contributed by atoms with Crippen molar-refractivity contribution in [1.82, 2.24) is 24.2 Å². The van der Waals surface area contributed by atoms with Crippen LogP contribution in [0.2, 0.25) is 0 Å². The van der Waals surface area contributed by atoms with Crippen molar-refractivity contribution in [1.29, 1.82) is 0 Å². The lowest BCUT2D eigenvalue weighted by molar-refractivity contribution is -0.176. The Morgan fingerprint density at radius 3 is 1.12 bits per heavy atom. The number of nitrogens with zero attached hydrogens (tertiary/aromatic N) is 5. The van der Waals surface area contributed by atoms with Gasteiger partial charge in [-0.25, -0.2) is 19.2 Å². The molecule has 3 aromatic carbocycles. The van der Waals surface area contributed by atoms with Crippen LogP contribution in [0.4, 0.5) is 0 Å². The molecule has 8 atom stereocenters. The molecule has 1 fully saturated rings. The first kappa shape index (κ1) is 63.5. The van der Waals surface area contributed by atoms with Gasteiger partial charge >= 0.3 is 23.9 Å². The number of carbonyl (C=O) groups is 8. The normalized spacial score (nSPS) is 23.2. The Kier molecular flexibility index (Phi) is 22.7. The van der Waals surface area contributed by atoms with Crippen LogP contribution in [0, 0.1) is 23.7 Å². The molecule has 5 rings (SSSR count). The number of esters is 4. The van der Waals surface area contributed by atoms with Gasteiger partial charge in [0.05, 0.1) is 12.1 Å². The molecule has 80 heavy (non-hydrogen) atoms. The van der Waals surface area contributed by atoms with Crippen LogP contribution in [-0.4, -0.2) is 148 Å². The summed E-state index contributed by atoms with van der Waals surface area (Å²) >= 11 is 0. The molecule has 4 amide bonds. The Bertz CT molecular complexity index is 2850. The molecule has 0 radical (unpaired) electrons. The predicted molar refractivity (Wildman–Crippen MR) is 303 cm³/mol. The van der Waals surface area contributed by atoms with E-state index < -0.39 is 96.1 Å². The van der Waals surface area contributed by atoms with Gasteiger partial charge in [0.25, 0.3) is 29.2 Å². The van der Waals surface area contributed by atoms with Crippen LogP contribution in [0.5, 0.6) is 0 Å². The standard InChI is InChI=1S/C62H83N5O13/c1-37(2)30-48-59(73)77-42(10)56(70)64(12)51(33-40(7)8)62(76)80-53(35-44-24-26-45(27-25-44)36-67-47-23-19-18-22-46(47)28-29-54(67)68)58(72)66(14)49(31-38(3)4)60(74)78-41(9)55(69)63(11)50(32-39(5)6)61(75)79-52(57(71)65(48)13)34-43-20-16-15-17-21-43/h15-29,37-42,48-53H,30-36H2,1-14H3/t41-,42-,48+,49+,50+,51+,52-,53-/m1/s1. The number of benzene rings is 3. The number of hydrogen-bond acceptors (Lipinski definition) is 13. The van der Waals surface area contributed by atoms with Crippen LogP contribution in [0.3, 0.4) is 0 Å². The van der Waals surface area contributed by atoms with Crippen molar-refractivity contribution < 1.29 is 57.3 Å². The lowest BCUT2D eigenvalue weighted by Crippen LogP contribution is -2.55. The average Bonchev–Trinajstić information content (AvgIpc) is 3.41. The van der Waals surface area contributed by atoms with Gasteiger partial charge in [-0.15, -0.1) is 0 Å². The van der Waals surface area contributed by atoms with E-state index in [1.165, 1.54) is 48.1 Å². The highest BCUT2D eigenvalue weighted by Crippen LogP contribution is 2.25. The first-order valence-corrected chi connectivity index (χ1v) is 27.8. The third-order valence-electron chi connectivity index (χ3n) is 14.4. The number of pyridine rings is 1. The van der Waals surface area contributed by atoms with Crippen molar-refractivity contribution >= 4 is 58.4 Å². The summed E-state index contributed by atoms with van der Waals surface area (Å²) in [6.45, 7) is 17.7. The minimum Gasteiger partial charge on any atom is -0.451 e. The summed E-state index contributed by atoms with van der Waals surface area (Å²) < 4.78 is 25.7. The summed E-state index contributed by atoms with van der Waals surface area (Å²) in [6.07, 6.45) is -6.03. The maximum absolute atomic E-state index is 15.1. The molecular weight excluding hydrogens is 1020 g/mol. The first-order chi connectivity index (χ1) is 37.7. The predicted octanol–water partition coefficient (Wildman–Crippen LogP) is 7.03. The zero-order valence-electron chi connectivity index (χ0n) is 49.1. The van der Waals surface area contributed by atoms with Crippen molar-refractivity contribution in [2.24, 2.45) is 23.7 Å². The lowest BCUT2D eigenvalue weighted by atomic mass is 9.99. The van der Waals surface area contributed by atoms with E-state index >= 15 is 4.79 Å². The van der Waals surface area contributed by atoms with Crippen LogP contribution < -0.4 is 5.56 Å². The molecule has 0 aliphatic carbocycles. The van der Waals surface area contributed by atoms with Gasteiger partial charge in [0.2, 0.25) is 0 Å². The highest BCUT2D eigenvalue weighted by Gasteiger charge is 2.43. The Balaban J connectivity index is 1.60. The monoisotopic (exact) mass is 1110 g/mol. The first-order valence-electron chi connectivity index (χ1n) is 27.8. The molecule has 2 heterocycles. The van der Waals surface area contributed by atoms with E-state index in [0.29, 0.717) is 11.1 Å². The number of para-hydroxylation sites is 1. The van der Waals surface area contributed by atoms with E-state index in [2.05, 4.69) is 0 Å². The van der Waals surface area contributed by atoms with Gasteiger partial charge in [-0.3, -0.25) is 24.0 Å². The Hall–Kier alpha value is -7.37. The summed E-state index contributed by atoms with van der Waals surface area (Å²) in [5.41, 5.74) is 2.54. The quantitative estimate of drug-likeness (QED) is 0.0919. The highest BCUT2D eigenvalue weighted by atomic mass is 16.6. The number of likely N-dealkylation sites (N-methyl/N-ethyl adjacent to an activating group) is 4. The van der Waals surface area contributed by atoms with E-state index in [0.717, 1.165) is 36.1 Å². The van der Waals surface area contributed by atoms with Crippen LogP contribution >= 0.6 is 0 Å². The smallest absolute Gasteiger partial charge is 0.329 e. The highest BCUT2D eigenvalue weighted by molar-refractivity contribution is 5.94. The summed E-state index contributed by atoms with van der Waals surface area (Å²) in [4.78, 5) is 134. The number of cyclic esters (lactones) is 4. The zero-order valence-corrected chi connectivity index (χ0v) is 49.1. The van der Waals surface area contributed by atoms with E-state index in [4.69, 9.17) is 18.9 Å². The molecule has 0 unspecified atom stereocenters. The molecule has 18 nitrogen and oxygen atoms in total. The summed E-state index contributed by atoms with van der Waals surface area (Å²) in [7, 11) is 5.53.